The van der Waals surface area contributed by atoms with Crippen molar-refractivity contribution in [3.05, 3.63) is 28.2 Å². The second-order valence-corrected chi connectivity index (χ2v) is 7.47. The number of β-amino-alcohol motifs (C(OH)–C–C–N with tert-alkyl or cyclic N) is 1. The zero-order valence-electron chi connectivity index (χ0n) is 13.2. The van der Waals surface area contributed by atoms with Crippen molar-refractivity contribution in [2.45, 2.75) is 38.1 Å². The van der Waals surface area contributed by atoms with Crippen molar-refractivity contribution < 1.29 is 9.90 Å². The topological polar surface area (TPSA) is 43.8 Å². The molecule has 1 spiro atoms. The molecule has 120 valence electrons. The monoisotopic (exact) mass is 366 g/mol. The van der Waals surface area contributed by atoms with Gasteiger partial charge in [0.05, 0.1) is 12.0 Å². The SMILES string of the molecule is CC(C)N1CCC2(CC1)C(=O)N(CCO)c1ccc(Br)cc12. The van der Waals surface area contributed by atoms with E-state index in [4.69, 9.17) is 0 Å². The molecule has 5 heteroatoms. The largest absolute Gasteiger partial charge is 0.395 e. The third-order valence-corrected chi connectivity index (χ3v) is 5.62. The fourth-order valence-corrected chi connectivity index (χ4v) is 4.20. The maximum atomic E-state index is 13.1. The first-order chi connectivity index (χ1) is 10.5. The molecule has 1 aromatic carbocycles. The van der Waals surface area contributed by atoms with Crippen molar-refractivity contribution in [3.63, 3.8) is 0 Å². The highest BCUT2D eigenvalue weighted by Crippen LogP contribution is 2.48. The van der Waals surface area contributed by atoms with E-state index in [0.29, 0.717) is 12.6 Å². The van der Waals surface area contributed by atoms with Gasteiger partial charge in [-0.25, -0.2) is 0 Å². The average Bonchev–Trinajstić information content (AvgIpc) is 2.71. The highest BCUT2D eigenvalue weighted by molar-refractivity contribution is 9.10. The highest BCUT2D eigenvalue weighted by Gasteiger charge is 2.51. The number of carbonyl (C=O) groups is 1. The predicted octanol–water partition coefficient (Wildman–Crippen LogP) is 2.53. The van der Waals surface area contributed by atoms with Crippen LogP contribution in [0.3, 0.4) is 0 Å². The first-order valence-corrected chi connectivity index (χ1v) is 8.76. The molecule has 1 amide bonds. The van der Waals surface area contributed by atoms with E-state index in [9.17, 15) is 9.90 Å². The molecular formula is C17H23BrN2O2. The van der Waals surface area contributed by atoms with E-state index < -0.39 is 5.41 Å². The molecule has 1 aromatic rings. The summed E-state index contributed by atoms with van der Waals surface area (Å²) in [4.78, 5) is 17.3. The van der Waals surface area contributed by atoms with Gasteiger partial charge in [0.1, 0.15) is 0 Å². The number of nitrogens with zero attached hydrogens (tertiary/aromatic N) is 2. The number of hydrogen-bond acceptors (Lipinski definition) is 3. The normalized spacial score (nSPS) is 21.0. The van der Waals surface area contributed by atoms with Crippen LogP contribution in [-0.4, -0.2) is 48.2 Å². The first-order valence-electron chi connectivity index (χ1n) is 7.96. The van der Waals surface area contributed by atoms with E-state index in [2.05, 4.69) is 40.7 Å². The van der Waals surface area contributed by atoms with Crippen LogP contribution >= 0.6 is 15.9 Å². The Bertz CT molecular complexity index is 580. The Morgan fingerprint density at radius 2 is 2.00 bits per heavy atom. The average molecular weight is 367 g/mol. The van der Waals surface area contributed by atoms with Crippen molar-refractivity contribution in [2.24, 2.45) is 0 Å². The molecule has 2 aliphatic heterocycles. The van der Waals surface area contributed by atoms with Crippen LogP contribution in [-0.2, 0) is 10.2 Å². The van der Waals surface area contributed by atoms with E-state index >= 15 is 0 Å². The Hall–Kier alpha value is -0.910. The standard InChI is InChI=1S/C17H23BrN2O2/c1-12(2)19-7-5-17(6-8-19)14-11-13(18)3-4-15(14)20(9-10-21)16(17)22/h3-4,11-12,21H,5-10H2,1-2H3. The number of halogens is 1. The minimum atomic E-state index is -0.403. The van der Waals surface area contributed by atoms with Gasteiger partial charge in [0.25, 0.3) is 0 Å². The Kier molecular flexibility index (Phi) is 4.32. The molecule has 1 saturated heterocycles. The summed E-state index contributed by atoms with van der Waals surface area (Å²) in [5.74, 6) is 0.165. The zero-order valence-corrected chi connectivity index (χ0v) is 14.8. The van der Waals surface area contributed by atoms with E-state index in [0.717, 1.165) is 41.7 Å². The van der Waals surface area contributed by atoms with Crippen LogP contribution in [0.15, 0.2) is 22.7 Å². The lowest BCUT2D eigenvalue weighted by molar-refractivity contribution is -0.125. The number of benzene rings is 1. The van der Waals surface area contributed by atoms with Gasteiger partial charge in [0.2, 0.25) is 5.91 Å². The molecule has 3 rings (SSSR count). The number of rotatable bonds is 3. The molecule has 4 nitrogen and oxygen atoms in total. The molecule has 0 radical (unpaired) electrons. The quantitative estimate of drug-likeness (QED) is 0.893. The maximum absolute atomic E-state index is 13.1. The summed E-state index contributed by atoms with van der Waals surface area (Å²) in [5, 5.41) is 9.31. The van der Waals surface area contributed by atoms with Crippen LogP contribution in [0.2, 0.25) is 0 Å². The number of aliphatic hydroxyl groups is 1. The van der Waals surface area contributed by atoms with Gasteiger partial charge >= 0.3 is 0 Å². The second-order valence-electron chi connectivity index (χ2n) is 6.55. The van der Waals surface area contributed by atoms with Crippen LogP contribution in [0.1, 0.15) is 32.3 Å². The van der Waals surface area contributed by atoms with Gasteiger partial charge in [-0.15, -0.1) is 0 Å². The molecule has 2 aliphatic rings. The number of piperidine rings is 1. The maximum Gasteiger partial charge on any atom is 0.237 e. The van der Waals surface area contributed by atoms with E-state index in [1.165, 1.54) is 0 Å². The minimum absolute atomic E-state index is 0.00452. The van der Waals surface area contributed by atoms with Crippen molar-refractivity contribution in [1.82, 2.24) is 4.90 Å². The summed E-state index contributed by atoms with van der Waals surface area (Å²) in [6, 6.07) is 6.58. The molecule has 0 atom stereocenters. The number of anilines is 1. The van der Waals surface area contributed by atoms with E-state index in [1.54, 1.807) is 4.90 Å². The number of fused-ring (bicyclic) bond motifs is 2. The summed E-state index contributed by atoms with van der Waals surface area (Å²) in [6.45, 7) is 6.68. The fourth-order valence-electron chi connectivity index (χ4n) is 3.84. The van der Waals surface area contributed by atoms with Gasteiger partial charge < -0.3 is 14.9 Å². The van der Waals surface area contributed by atoms with Gasteiger partial charge in [-0.05, 0) is 63.5 Å². The number of aliphatic hydroxyl groups excluding tert-OH is 1. The van der Waals surface area contributed by atoms with Crippen LogP contribution in [0.25, 0.3) is 0 Å². The van der Waals surface area contributed by atoms with Crippen LogP contribution in [0.5, 0.6) is 0 Å². The third-order valence-electron chi connectivity index (χ3n) is 5.12. The summed E-state index contributed by atoms with van der Waals surface area (Å²) >= 11 is 3.54. The van der Waals surface area contributed by atoms with Crippen molar-refractivity contribution in [3.8, 4) is 0 Å². The molecule has 22 heavy (non-hydrogen) atoms. The van der Waals surface area contributed by atoms with Gasteiger partial charge in [-0.2, -0.15) is 0 Å². The molecular weight excluding hydrogens is 344 g/mol. The summed E-state index contributed by atoms with van der Waals surface area (Å²) in [6.07, 6.45) is 1.71. The Labute approximate surface area is 140 Å². The molecule has 2 heterocycles. The Balaban J connectivity index is 1.99. The van der Waals surface area contributed by atoms with E-state index in [1.807, 2.05) is 12.1 Å². The van der Waals surface area contributed by atoms with Crippen molar-refractivity contribution >= 4 is 27.5 Å². The zero-order chi connectivity index (χ0) is 15.9. The second kappa shape index (κ2) is 5.95. The van der Waals surface area contributed by atoms with Gasteiger partial charge in [-0.3, -0.25) is 4.79 Å². The molecule has 1 N–H and O–H groups in total. The van der Waals surface area contributed by atoms with E-state index in [-0.39, 0.29) is 12.5 Å². The lowest BCUT2D eigenvalue weighted by atomic mass is 9.73. The highest BCUT2D eigenvalue weighted by atomic mass is 79.9. The lowest BCUT2D eigenvalue weighted by Gasteiger charge is -2.40. The third kappa shape index (κ3) is 2.39. The number of likely N-dealkylation sites (tertiary alicyclic amines) is 1. The van der Waals surface area contributed by atoms with Crippen LogP contribution in [0, 0.1) is 0 Å². The van der Waals surface area contributed by atoms with Gasteiger partial charge in [0.15, 0.2) is 0 Å². The smallest absolute Gasteiger partial charge is 0.237 e. The fraction of sp³-hybridized carbons (Fsp3) is 0.588. The van der Waals surface area contributed by atoms with Gasteiger partial charge in [-0.1, -0.05) is 15.9 Å². The first kappa shape index (κ1) is 16.0. The summed E-state index contributed by atoms with van der Waals surface area (Å²) < 4.78 is 1.01. The van der Waals surface area contributed by atoms with Crippen molar-refractivity contribution in [1.29, 1.82) is 0 Å². The molecule has 0 unspecified atom stereocenters. The minimum Gasteiger partial charge on any atom is -0.395 e. The number of hydrogen-bond donors (Lipinski definition) is 1. The summed E-state index contributed by atoms with van der Waals surface area (Å²) in [5.41, 5.74) is 1.70. The lowest BCUT2D eigenvalue weighted by Crippen LogP contribution is -2.50. The van der Waals surface area contributed by atoms with Crippen molar-refractivity contribution in [2.75, 3.05) is 31.1 Å². The molecule has 0 saturated carbocycles. The summed E-state index contributed by atoms with van der Waals surface area (Å²) in [7, 11) is 0. The molecule has 0 aromatic heterocycles. The van der Waals surface area contributed by atoms with Crippen LogP contribution in [0.4, 0.5) is 5.69 Å². The van der Waals surface area contributed by atoms with Gasteiger partial charge in [0, 0.05) is 22.7 Å². The van der Waals surface area contributed by atoms with Crippen LogP contribution < -0.4 is 4.90 Å². The molecule has 0 bridgehead atoms. The number of carbonyl (C=O) groups excluding carboxylic acids is 1. The molecule has 0 aliphatic carbocycles. The predicted molar refractivity (Wildman–Crippen MR) is 91.2 cm³/mol. The Morgan fingerprint density at radius 1 is 1.32 bits per heavy atom. The molecule has 1 fully saturated rings. The Morgan fingerprint density at radius 3 is 2.59 bits per heavy atom. The number of amides is 1.